The molecule has 0 N–H and O–H groups in total. The maximum atomic E-state index is 13.7. The maximum Gasteiger partial charge on any atom is 0.254 e. The van der Waals surface area contributed by atoms with Gasteiger partial charge in [-0.15, -0.1) is 10.2 Å². The lowest BCUT2D eigenvalue weighted by atomic mass is 10.2. The Hall–Kier alpha value is -2.89. The normalized spacial score (nSPS) is 10.5. The second kappa shape index (κ2) is 6.26. The summed E-state index contributed by atoms with van der Waals surface area (Å²) in [5, 5.41) is 7.69. The van der Waals surface area contributed by atoms with Gasteiger partial charge in [0.1, 0.15) is 5.82 Å². The molecule has 0 saturated heterocycles. The lowest BCUT2D eigenvalue weighted by Gasteiger charge is -2.07. The molecule has 1 heterocycles. The lowest BCUT2D eigenvalue weighted by molar-refractivity contribution is 0.251. The van der Waals surface area contributed by atoms with Crippen molar-refractivity contribution in [3.63, 3.8) is 0 Å². The fourth-order valence-corrected chi connectivity index (χ4v) is 1.93. The first-order valence-electron chi connectivity index (χ1n) is 6.61. The first kappa shape index (κ1) is 14.1. The smallest absolute Gasteiger partial charge is 0.254 e. The third kappa shape index (κ3) is 2.90. The maximum absolute atomic E-state index is 13.7. The minimum Gasteiger partial charge on any atom is -0.493 e. The quantitative estimate of drug-likeness (QED) is 0.722. The van der Waals surface area contributed by atoms with Crippen LogP contribution >= 0.6 is 0 Å². The van der Waals surface area contributed by atoms with Gasteiger partial charge < -0.3 is 13.9 Å². The van der Waals surface area contributed by atoms with Crippen LogP contribution in [0.5, 0.6) is 11.5 Å². The van der Waals surface area contributed by atoms with Gasteiger partial charge >= 0.3 is 0 Å². The number of hydrogen-bond acceptors (Lipinski definition) is 5. The van der Waals surface area contributed by atoms with E-state index in [-0.39, 0.29) is 24.0 Å². The number of aromatic nitrogens is 2. The molecule has 3 rings (SSSR count). The van der Waals surface area contributed by atoms with Crippen LogP contribution < -0.4 is 9.47 Å². The van der Waals surface area contributed by atoms with Crippen LogP contribution in [0.15, 0.2) is 52.9 Å². The molecule has 5 nitrogen and oxygen atoms in total. The molecule has 0 amide bonds. The van der Waals surface area contributed by atoms with Crippen molar-refractivity contribution in [2.24, 2.45) is 0 Å². The number of hydrogen-bond donors (Lipinski definition) is 0. The zero-order valence-electron chi connectivity index (χ0n) is 11.8. The molecule has 6 heteroatoms. The Morgan fingerprint density at radius 1 is 1.00 bits per heavy atom. The molecule has 0 unspecified atom stereocenters. The van der Waals surface area contributed by atoms with Crippen LogP contribution in [-0.2, 0) is 6.61 Å². The summed E-state index contributed by atoms with van der Waals surface area (Å²) in [6.07, 6.45) is 0. The zero-order valence-corrected chi connectivity index (χ0v) is 11.8. The molecule has 2 aromatic carbocycles. The van der Waals surface area contributed by atoms with Crippen molar-refractivity contribution in [1.29, 1.82) is 0 Å². The Balaban J connectivity index is 1.74. The average Bonchev–Trinajstić information content (AvgIpc) is 3.02. The van der Waals surface area contributed by atoms with Gasteiger partial charge in [0.25, 0.3) is 11.8 Å². The van der Waals surface area contributed by atoms with Gasteiger partial charge in [-0.05, 0) is 24.3 Å². The van der Waals surface area contributed by atoms with Crippen molar-refractivity contribution in [3.8, 4) is 23.0 Å². The molecule has 0 aliphatic carbocycles. The van der Waals surface area contributed by atoms with Crippen molar-refractivity contribution in [2.45, 2.75) is 6.61 Å². The highest BCUT2D eigenvalue weighted by atomic mass is 19.1. The van der Waals surface area contributed by atoms with Crippen LogP contribution in [0, 0.1) is 5.82 Å². The number of methoxy groups -OCH3 is 1. The molecule has 0 bridgehead atoms. The van der Waals surface area contributed by atoms with E-state index in [1.807, 2.05) is 12.1 Å². The molecule has 112 valence electrons. The van der Waals surface area contributed by atoms with E-state index in [1.165, 1.54) is 6.07 Å². The van der Waals surface area contributed by atoms with Crippen molar-refractivity contribution in [2.75, 3.05) is 7.11 Å². The molecular weight excluding hydrogens is 287 g/mol. The molecule has 3 aromatic rings. The van der Waals surface area contributed by atoms with E-state index in [0.29, 0.717) is 11.5 Å². The number of nitrogens with zero attached hydrogens (tertiary/aromatic N) is 2. The Morgan fingerprint density at radius 2 is 1.73 bits per heavy atom. The topological polar surface area (TPSA) is 57.4 Å². The molecule has 0 saturated carbocycles. The largest absolute Gasteiger partial charge is 0.493 e. The molecule has 0 spiro atoms. The van der Waals surface area contributed by atoms with E-state index in [9.17, 15) is 4.39 Å². The summed E-state index contributed by atoms with van der Waals surface area (Å²) in [5.74, 6) is 1.14. The third-order valence-corrected chi connectivity index (χ3v) is 2.99. The summed E-state index contributed by atoms with van der Waals surface area (Å²) in [6, 6.07) is 13.4. The SMILES string of the molecule is COc1ccccc1OCc1nnc(-c2ccccc2F)o1. The molecule has 0 radical (unpaired) electrons. The highest BCUT2D eigenvalue weighted by molar-refractivity contribution is 5.53. The number of benzene rings is 2. The molecule has 0 aliphatic heterocycles. The fraction of sp³-hybridized carbons (Fsp3) is 0.125. The lowest BCUT2D eigenvalue weighted by Crippen LogP contribution is -1.97. The first-order chi connectivity index (χ1) is 10.8. The third-order valence-electron chi connectivity index (χ3n) is 2.99. The van der Waals surface area contributed by atoms with Crippen molar-refractivity contribution >= 4 is 0 Å². The number of para-hydroxylation sites is 2. The number of rotatable bonds is 5. The van der Waals surface area contributed by atoms with Gasteiger partial charge in [0.15, 0.2) is 18.1 Å². The van der Waals surface area contributed by atoms with Crippen LogP contribution in [0.2, 0.25) is 0 Å². The van der Waals surface area contributed by atoms with Crippen LogP contribution in [-0.4, -0.2) is 17.3 Å². The zero-order chi connectivity index (χ0) is 15.4. The van der Waals surface area contributed by atoms with Crippen molar-refractivity contribution in [1.82, 2.24) is 10.2 Å². The van der Waals surface area contributed by atoms with Gasteiger partial charge in [-0.2, -0.15) is 0 Å². The van der Waals surface area contributed by atoms with Crippen LogP contribution in [0.1, 0.15) is 5.89 Å². The van der Waals surface area contributed by atoms with Gasteiger partial charge in [-0.25, -0.2) is 4.39 Å². The fourth-order valence-electron chi connectivity index (χ4n) is 1.93. The second-order valence-corrected chi connectivity index (χ2v) is 4.42. The van der Waals surface area contributed by atoms with E-state index in [0.717, 1.165) is 0 Å². The summed E-state index contributed by atoms with van der Waals surface area (Å²) < 4.78 is 29.8. The summed E-state index contributed by atoms with van der Waals surface area (Å²) in [5.41, 5.74) is 0.263. The van der Waals surface area contributed by atoms with Gasteiger partial charge in [-0.1, -0.05) is 24.3 Å². The van der Waals surface area contributed by atoms with E-state index in [1.54, 1.807) is 37.4 Å². The van der Waals surface area contributed by atoms with E-state index in [2.05, 4.69) is 10.2 Å². The predicted molar refractivity (Wildman–Crippen MR) is 77.0 cm³/mol. The first-order valence-corrected chi connectivity index (χ1v) is 6.61. The van der Waals surface area contributed by atoms with E-state index >= 15 is 0 Å². The Bertz CT molecular complexity index is 773. The highest BCUT2D eigenvalue weighted by Crippen LogP contribution is 2.27. The minimum absolute atomic E-state index is 0.0713. The molecular formula is C16H13FN2O3. The summed E-state index contributed by atoms with van der Waals surface area (Å²) >= 11 is 0. The number of ether oxygens (including phenoxy) is 2. The van der Waals surface area contributed by atoms with Gasteiger partial charge in [0, 0.05) is 0 Å². The molecule has 0 aliphatic rings. The highest BCUT2D eigenvalue weighted by Gasteiger charge is 2.13. The molecule has 0 fully saturated rings. The summed E-state index contributed by atoms with van der Waals surface area (Å²) in [7, 11) is 1.56. The van der Waals surface area contributed by atoms with Gasteiger partial charge in [-0.3, -0.25) is 0 Å². The Kier molecular flexibility index (Phi) is 4.00. The second-order valence-electron chi connectivity index (χ2n) is 4.42. The Labute approximate surface area is 126 Å². The van der Waals surface area contributed by atoms with Crippen LogP contribution in [0.3, 0.4) is 0 Å². The molecule has 1 aromatic heterocycles. The van der Waals surface area contributed by atoms with Crippen molar-refractivity contribution in [3.05, 3.63) is 60.2 Å². The van der Waals surface area contributed by atoms with Crippen LogP contribution in [0.25, 0.3) is 11.5 Å². The monoisotopic (exact) mass is 300 g/mol. The Morgan fingerprint density at radius 3 is 2.50 bits per heavy atom. The summed E-state index contributed by atoms with van der Waals surface area (Å²) in [6.45, 7) is 0.0713. The van der Waals surface area contributed by atoms with Crippen molar-refractivity contribution < 1.29 is 18.3 Å². The van der Waals surface area contributed by atoms with Crippen LogP contribution in [0.4, 0.5) is 4.39 Å². The number of halogens is 1. The van der Waals surface area contributed by atoms with Gasteiger partial charge in [0.2, 0.25) is 0 Å². The van der Waals surface area contributed by atoms with E-state index < -0.39 is 5.82 Å². The van der Waals surface area contributed by atoms with Gasteiger partial charge in [0.05, 0.1) is 12.7 Å². The average molecular weight is 300 g/mol. The minimum atomic E-state index is -0.414. The predicted octanol–water partition coefficient (Wildman–Crippen LogP) is 3.46. The van der Waals surface area contributed by atoms with E-state index in [4.69, 9.17) is 13.9 Å². The standard InChI is InChI=1S/C16H13FN2O3/c1-20-13-8-4-5-9-14(13)21-10-15-18-19-16(22-15)11-6-2-3-7-12(11)17/h2-9H,10H2,1H3. The molecule has 22 heavy (non-hydrogen) atoms. The molecule has 0 atom stereocenters. The summed E-state index contributed by atoms with van der Waals surface area (Å²) in [4.78, 5) is 0.